The standard InChI is InChI=1S/C19H14N6O2/c1-11-21-22-16-8-7-13(10-25(11)16)17-20-18(27-23-17)15-9-12-5-3-4-6-14(12)19(26)24(15)2/h3-10H,1-2H3. The van der Waals surface area contributed by atoms with Crippen LogP contribution in [0.25, 0.3) is 39.4 Å². The van der Waals surface area contributed by atoms with Crippen molar-refractivity contribution in [3.05, 3.63) is 64.8 Å². The van der Waals surface area contributed by atoms with Crippen molar-refractivity contribution in [2.45, 2.75) is 6.92 Å². The fraction of sp³-hybridized carbons (Fsp3) is 0.105. The van der Waals surface area contributed by atoms with Crippen molar-refractivity contribution in [3.63, 3.8) is 0 Å². The zero-order valence-electron chi connectivity index (χ0n) is 14.6. The quantitative estimate of drug-likeness (QED) is 0.482. The first kappa shape index (κ1) is 15.4. The first-order valence-electron chi connectivity index (χ1n) is 8.36. The van der Waals surface area contributed by atoms with Crippen molar-refractivity contribution in [1.29, 1.82) is 0 Å². The predicted molar refractivity (Wildman–Crippen MR) is 99.2 cm³/mol. The summed E-state index contributed by atoms with van der Waals surface area (Å²) in [5.74, 6) is 1.49. The maximum Gasteiger partial charge on any atom is 0.274 e. The Morgan fingerprint density at radius 1 is 1.07 bits per heavy atom. The maximum absolute atomic E-state index is 12.6. The molecule has 5 rings (SSSR count). The van der Waals surface area contributed by atoms with Gasteiger partial charge in [-0.15, -0.1) is 10.2 Å². The Labute approximate surface area is 152 Å². The van der Waals surface area contributed by atoms with Crippen molar-refractivity contribution in [1.82, 2.24) is 29.3 Å². The van der Waals surface area contributed by atoms with E-state index in [1.807, 2.05) is 53.9 Å². The molecule has 0 saturated carbocycles. The molecule has 0 fully saturated rings. The van der Waals surface area contributed by atoms with Gasteiger partial charge in [0.15, 0.2) is 5.65 Å². The van der Waals surface area contributed by atoms with E-state index in [1.165, 1.54) is 4.57 Å². The van der Waals surface area contributed by atoms with Gasteiger partial charge in [-0.2, -0.15) is 4.98 Å². The molecule has 0 spiro atoms. The molecule has 0 radical (unpaired) electrons. The van der Waals surface area contributed by atoms with E-state index in [1.54, 1.807) is 13.1 Å². The molecule has 0 N–H and O–H groups in total. The Kier molecular flexibility index (Phi) is 3.20. The second-order valence-corrected chi connectivity index (χ2v) is 6.30. The van der Waals surface area contributed by atoms with Crippen molar-refractivity contribution in [2.75, 3.05) is 0 Å². The average molecular weight is 358 g/mol. The van der Waals surface area contributed by atoms with Crippen LogP contribution in [0.15, 0.2) is 58.0 Å². The Morgan fingerprint density at radius 3 is 2.81 bits per heavy atom. The third kappa shape index (κ3) is 2.34. The number of nitrogens with zero attached hydrogens (tertiary/aromatic N) is 6. The van der Waals surface area contributed by atoms with Gasteiger partial charge in [0, 0.05) is 24.2 Å². The summed E-state index contributed by atoms with van der Waals surface area (Å²) in [5.41, 5.74) is 1.98. The molecule has 0 saturated heterocycles. The molecule has 8 heteroatoms. The molecule has 0 bridgehead atoms. The molecule has 0 aliphatic heterocycles. The van der Waals surface area contributed by atoms with Crippen LogP contribution in [0, 0.1) is 6.92 Å². The minimum Gasteiger partial charge on any atom is -0.332 e. The number of hydrogen-bond acceptors (Lipinski definition) is 6. The summed E-state index contributed by atoms with van der Waals surface area (Å²) in [5, 5.41) is 13.7. The van der Waals surface area contributed by atoms with Gasteiger partial charge in [-0.3, -0.25) is 9.20 Å². The third-order valence-corrected chi connectivity index (χ3v) is 4.63. The van der Waals surface area contributed by atoms with E-state index in [0.29, 0.717) is 16.9 Å². The molecule has 1 aromatic carbocycles. The van der Waals surface area contributed by atoms with Crippen LogP contribution in [-0.4, -0.2) is 29.3 Å². The zero-order chi connectivity index (χ0) is 18.5. The predicted octanol–water partition coefficient (Wildman–Crippen LogP) is 2.61. The van der Waals surface area contributed by atoms with Crippen LogP contribution >= 0.6 is 0 Å². The number of fused-ring (bicyclic) bond motifs is 2. The van der Waals surface area contributed by atoms with Crippen LogP contribution in [0.2, 0.25) is 0 Å². The van der Waals surface area contributed by atoms with Gasteiger partial charge in [0.05, 0.1) is 0 Å². The summed E-state index contributed by atoms with van der Waals surface area (Å²) in [6.45, 7) is 1.87. The summed E-state index contributed by atoms with van der Waals surface area (Å²) in [4.78, 5) is 17.1. The summed E-state index contributed by atoms with van der Waals surface area (Å²) >= 11 is 0. The second-order valence-electron chi connectivity index (χ2n) is 6.30. The molecule has 0 aliphatic rings. The molecule has 0 aliphatic carbocycles. The molecular weight excluding hydrogens is 344 g/mol. The van der Waals surface area contributed by atoms with Crippen molar-refractivity contribution < 1.29 is 4.52 Å². The summed E-state index contributed by atoms with van der Waals surface area (Å²) in [6, 6.07) is 13.0. The topological polar surface area (TPSA) is 91.1 Å². The van der Waals surface area contributed by atoms with Crippen molar-refractivity contribution in [3.8, 4) is 23.0 Å². The smallest absolute Gasteiger partial charge is 0.274 e. The van der Waals surface area contributed by atoms with Crippen LogP contribution in [0.5, 0.6) is 0 Å². The van der Waals surface area contributed by atoms with Gasteiger partial charge >= 0.3 is 0 Å². The van der Waals surface area contributed by atoms with Crippen LogP contribution in [0.3, 0.4) is 0 Å². The van der Waals surface area contributed by atoms with E-state index in [0.717, 1.165) is 22.4 Å². The molecule has 0 atom stereocenters. The Balaban J connectivity index is 1.65. The van der Waals surface area contributed by atoms with Gasteiger partial charge in [-0.05, 0) is 36.6 Å². The molecule has 4 heterocycles. The number of rotatable bonds is 2. The zero-order valence-corrected chi connectivity index (χ0v) is 14.6. The van der Waals surface area contributed by atoms with Crippen LogP contribution in [-0.2, 0) is 7.05 Å². The van der Waals surface area contributed by atoms with Crippen LogP contribution < -0.4 is 5.56 Å². The minimum absolute atomic E-state index is 0.107. The molecular formula is C19H14N6O2. The Morgan fingerprint density at radius 2 is 1.93 bits per heavy atom. The highest BCUT2D eigenvalue weighted by Crippen LogP contribution is 2.24. The normalized spacial score (nSPS) is 11.5. The lowest BCUT2D eigenvalue weighted by molar-refractivity contribution is 0.429. The number of benzene rings is 1. The fourth-order valence-electron chi connectivity index (χ4n) is 3.14. The Bertz CT molecular complexity index is 1380. The molecule has 0 unspecified atom stereocenters. The second kappa shape index (κ2) is 5.60. The summed E-state index contributed by atoms with van der Waals surface area (Å²) in [7, 11) is 1.69. The lowest BCUT2D eigenvalue weighted by atomic mass is 10.1. The molecule has 132 valence electrons. The van der Waals surface area contributed by atoms with Gasteiger partial charge in [-0.1, -0.05) is 23.4 Å². The van der Waals surface area contributed by atoms with Gasteiger partial charge in [0.1, 0.15) is 11.5 Å². The van der Waals surface area contributed by atoms with Gasteiger partial charge in [-0.25, -0.2) is 0 Å². The summed E-state index contributed by atoms with van der Waals surface area (Å²) in [6.07, 6.45) is 1.86. The minimum atomic E-state index is -0.107. The highest BCUT2D eigenvalue weighted by Gasteiger charge is 2.16. The first-order valence-corrected chi connectivity index (χ1v) is 8.36. The average Bonchev–Trinajstić information content (AvgIpc) is 3.32. The molecule has 8 nitrogen and oxygen atoms in total. The molecule has 5 aromatic rings. The van der Waals surface area contributed by atoms with Gasteiger partial charge in [0.2, 0.25) is 5.82 Å². The van der Waals surface area contributed by atoms with E-state index >= 15 is 0 Å². The fourth-order valence-corrected chi connectivity index (χ4v) is 3.14. The lowest BCUT2D eigenvalue weighted by Gasteiger charge is -2.06. The highest BCUT2D eigenvalue weighted by atomic mass is 16.5. The van der Waals surface area contributed by atoms with Gasteiger partial charge in [0.25, 0.3) is 11.4 Å². The monoisotopic (exact) mass is 358 g/mol. The van der Waals surface area contributed by atoms with Crippen LogP contribution in [0.1, 0.15) is 5.82 Å². The molecule has 0 amide bonds. The van der Waals surface area contributed by atoms with E-state index in [-0.39, 0.29) is 11.4 Å². The maximum atomic E-state index is 12.6. The largest absolute Gasteiger partial charge is 0.332 e. The molecule has 4 aromatic heterocycles. The van der Waals surface area contributed by atoms with E-state index in [9.17, 15) is 4.79 Å². The number of aryl methyl sites for hydroxylation is 1. The van der Waals surface area contributed by atoms with E-state index in [2.05, 4.69) is 20.3 Å². The Hall–Kier alpha value is -3.81. The SMILES string of the molecule is Cc1nnc2ccc(-c3noc(-c4cc5ccccc5c(=O)n4C)n3)cn12. The summed E-state index contributed by atoms with van der Waals surface area (Å²) < 4.78 is 8.83. The highest BCUT2D eigenvalue weighted by molar-refractivity contribution is 5.84. The van der Waals surface area contributed by atoms with E-state index in [4.69, 9.17) is 4.52 Å². The first-order chi connectivity index (χ1) is 13.1. The van der Waals surface area contributed by atoms with Crippen molar-refractivity contribution >= 4 is 16.4 Å². The van der Waals surface area contributed by atoms with Crippen LogP contribution in [0.4, 0.5) is 0 Å². The van der Waals surface area contributed by atoms with Crippen molar-refractivity contribution in [2.24, 2.45) is 7.05 Å². The number of hydrogen-bond donors (Lipinski definition) is 0. The number of aromatic nitrogens is 6. The van der Waals surface area contributed by atoms with Gasteiger partial charge < -0.3 is 9.09 Å². The third-order valence-electron chi connectivity index (χ3n) is 4.63. The lowest BCUT2D eigenvalue weighted by Crippen LogP contribution is -2.18. The number of pyridine rings is 2. The molecule has 27 heavy (non-hydrogen) atoms. The van der Waals surface area contributed by atoms with E-state index < -0.39 is 0 Å².